The first kappa shape index (κ1) is 11.1. The lowest BCUT2D eigenvalue weighted by Gasteiger charge is -2.12. The fourth-order valence-electron chi connectivity index (χ4n) is 1.48. The zero-order valence-corrected chi connectivity index (χ0v) is 8.76. The van der Waals surface area contributed by atoms with E-state index in [1.165, 1.54) is 0 Å². The third-order valence-electron chi connectivity index (χ3n) is 2.24. The predicted octanol–water partition coefficient (Wildman–Crippen LogP) is 1.70. The van der Waals surface area contributed by atoms with Crippen LogP contribution in [0.4, 0.5) is 4.39 Å². The van der Waals surface area contributed by atoms with Crippen molar-refractivity contribution in [3.63, 3.8) is 0 Å². The highest BCUT2D eigenvalue weighted by Crippen LogP contribution is 2.19. The van der Waals surface area contributed by atoms with Crippen molar-refractivity contribution in [2.45, 2.75) is 20.0 Å². The molecule has 0 amide bonds. The molecule has 2 N–H and O–H groups in total. The lowest BCUT2D eigenvalue weighted by Crippen LogP contribution is -2.17. The summed E-state index contributed by atoms with van der Waals surface area (Å²) < 4.78 is 13.3. The van der Waals surface area contributed by atoms with Gasteiger partial charge in [0.1, 0.15) is 5.82 Å². The quantitative estimate of drug-likeness (QED) is 0.773. The molecule has 1 unspecified atom stereocenters. The molecule has 0 aromatic heterocycles. The van der Waals surface area contributed by atoms with Crippen LogP contribution in [0.25, 0.3) is 0 Å². The number of aliphatic hydroxyl groups excluding tert-OH is 1. The van der Waals surface area contributed by atoms with Crippen LogP contribution < -0.4 is 5.32 Å². The highest BCUT2D eigenvalue weighted by molar-refractivity contribution is 5.31. The summed E-state index contributed by atoms with van der Waals surface area (Å²) in [6.45, 7) is 3.89. The zero-order valence-electron chi connectivity index (χ0n) is 8.76. The predicted molar refractivity (Wildman–Crippen MR) is 54.8 cm³/mol. The molecule has 1 atom stereocenters. The van der Waals surface area contributed by atoms with Gasteiger partial charge in [-0.15, -0.1) is 0 Å². The minimum atomic E-state index is -0.571. The van der Waals surface area contributed by atoms with Crippen molar-refractivity contribution in [2.75, 3.05) is 13.6 Å². The molecule has 0 aliphatic carbocycles. The Morgan fingerprint density at radius 3 is 2.29 bits per heavy atom. The molecule has 14 heavy (non-hydrogen) atoms. The Labute approximate surface area is 83.8 Å². The van der Waals surface area contributed by atoms with Gasteiger partial charge in [-0.1, -0.05) is 12.1 Å². The van der Waals surface area contributed by atoms with Gasteiger partial charge in [0.25, 0.3) is 0 Å². The number of aryl methyl sites for hydroxylation is 2. The Bertz CT molecular complexity index is 302. The van der Waals surface area contributed by atoms with Crippen molar-refractivity contribution in [2.24, 2.45) is 0 Å². The Balaban J connectivity index is 3.00. The summed E-state index contributed by atoms with van der Waals surface area (Å²) in [6, 6.07) is 3.37. The molecule has 1 aromatic carbocycles. The van der Waals surface area contributed by atoms with Crippen LogP contribution in [0.2, 0.25) is 0 Å². The second-order valence-corrected chi connectivity index (χ2v) is 3.54. The van der Waals surface area contributed by atoms with Gasteiger partial charge in [0.15, 0.2) is 0 Å². The maximum atomic E-state index is 13.3. The van der Waals surface area contributed by atoms with Crippen LogP contribution >= 0.6 is 0 Å². The fraction of sp³-hybridized carbons (Fsp3) is 0.455. The van der Waals surface area contributed by atoms with Gasteiger partial charge in [-0.3, -0.25) is 0 Å². The second-order valence-electron chi connectivity index (χ2n) is 3.54. The fourth-order valence-corrected chi connectivity index (χ4v) is 1.48. The summed E-state index contributed by atoms with van der Waals surface area (Å²) in [6.07, 6.45) is -0.571. The Morgan fingerprint density at radius 1 is 1.36 bits per heavy atom. The zero-order chi connectivity index (χ0) is 10.7. The van der Waals surface area contributed by atoms with Crippen molar-refractivity contribution in [3.8, 4) is 0 Å². The van der Waals surface area contributed by atoms with Gasteiger partial charge in [0, 0.05) is 6.54 Å². The lowest BCUT2D eigenvalue weighted by atomic mass is 10.0. The van der Waals surface area contributed by atoms with Crippen molar-refractivity contribution in [1.29, 1.82) is 0 Å². The molecular weight excluding hydrogens is 181 g/mol. The lowest BCUT2D eigenvalue weighted by molar-refractivity contribution is 0.177. The van der Waals surface area contributed by atoms with E-state index < -0.39 is 6.10 Å². The molecule has 1 rings (SSSR count). The molecule has 3 heteroatoms. The molecule has 0 fully saturated rings. The van der Waals surface area contributed by atoms with Crippen LogP contribution in [0.1, 0.15) is 22.8 Å². The van der Waals surface area contributed by atoms with E-state index in [1.54, 1.807) is 33.0 Å². The van der Waals surface area contributed by atoms with Gasteiger partial charge in [-0.05, 0) is 37.6 Å². The first-order chi connectivity index (χ1) is 6.56. The average molecular weight is 197 g/mol. The first-order valence-corrected chi connectivity index (χ1v) is 4.65. The number of likely N-dealkylation sites (N-methyl/N-ethyl adjacent to an activating group) is 1. The van der Waals surface area contributed by atoms with E-state index in [0.29, 0.717) is 17.7 Å². The average Bonchev–Trinajstić information content (AvgIpc) is 2.13. The highest BCUT2D eigenvalue weighted by Gasteiger charge is 2.10. The van der Waals surface area contributed by atoms with Crippen molar-refractivity contribution in [1.82, 2.24) is 5.32 Å². The molecule has 0 aliphatic heterocycles. The SMILES string of the molecule is CNCC(O)c1cc(C)c(F)c(C)c1. The van der Waals surface area contributed by atoms with Gasteiger partial charge >= 0.3 is 0 Å². The van der Waals surface area contributed by atoms with Crippen molar-refractivity contribution >= 4 is 0 Å². The van der Waals surface area contributed by atoms with Crippen molar-refractivity contribution in [3.05, 3.63) is 34.6 Å². The summed E-state index contributed by atoms with van der Waals surface area (Å²) in [7, 11) is 1.77. The van der Waals surface area contributed by atoms with E-state index in [4.69, 9.17) is 0 Å². The van der Waals surface area contributed by atoms with Crippen LogP contribution in [-0.4, -0.2) is 18.7 Å². The number of hydrogen-bond acceptors (Lipinski definition) is 2. The van der Waals surface area contributed by atoms with E-state index in [0.717, 1.165) is 5.56 Å². The minimum Gasteiger partial charge on any atom is -0.387 e. The molecule has 78 valence electrons. The van der Waals surface area contributed by atoms with Crippen LogP contribution in [0, 0.1) is 19.7 Å². The summed E-state index contributed by atoms with van der Waals surface area (Å²) in [5.41, 5.74) is 1.92. The van der Waals surface area contributed by atoms with Gasteiger partial charge in [0.2, 0.25) is 0 Å². The summed E-state index contributed by atoms with van der Waals surface area (Å²) >= 11 is 0. The molecular formula is C11H16FNO. The van der Waals surface area contributed by atoms with Gasteiger partial charge in [-0.25, -0.2) is 4.39 Å². The summed E-state index contributed by atoms with van der Waals surface area (Å²) in [5.74, 6) is -0.189. The van der Waals surface area contributed by atoms with E-state index in [1.807, 2.05) is 0 Å². The van der Waals surface area contributed by atoms with E-state index in [2.05, 4.69) is 5.32 Å². The van der Waals surface area contributed by atoms with Gasteiger partial charge in [-0.2, -0.15) is 0 Å². The number of aliphatic hydroxyl groups is 1. The van der Waals surface area contributed by atoms with E-state index >= 15 is 0 Å². The molecule has 0 saturated carbocycles. The molecule has 2 nitrogen and oxygen atoms in total. The topological polar surface area (TPSA) is 32.3 Å². The first-order valence-electron chi connectivity index (χ1n) is 4.65. The number of nitrogens with one attached hydrogen (secondary N) is 1. The van der Waals surface area contributed by atoms with E-state index in [9.17, 15) is 9.50 Å². The molecule has 0 heterocycles. The molecule has 1 aromatic rings. The molecule has 0 aliphatic rings. The number of halogens is 1. The third-order valence-corrected chi connectivity index (χ3v) is 2.24. The van der Waals surface area contributed by atoms with Crippen LogP contribution in [-0.2, 0) is 0 Å². The smallest absolute Gasteiger partial charge is 0.129 e. The Kier molecular flexibility index (Phi) is 3.61. The molecule has 0 bridgehead atoms. The largest absolute Gasteiger partial charge is 0.387 e. The standard InChI is InChI=1S/C11H16FNO/c1-7-4-9(10(14)6-13-3)5-8(2)11(7)12/h4-5,10,13-14H,6H2,1-3H3. The summed E-state index contributed by atoms with van der Waals surface area (Å²) in [4.78, 5) is 0. The molecule has 0 saturated heterocycles. The Hall–Kier alpha value is -0.930. The number of hydrogen-bond donors (Lipinski definition) is 2. The van der Waals surface area contributed by atoms with Gasteiger partial charge < -0.3 is 10.4 Å². The number of rotatable bonds is 3. The Morgan fingerprint density at radius 2 is 1.86 bits per heavy atom. The molecule has 0 radical (unpaired) electrons. The minimum absolute atomic E-state index is 0.189. The molecule has 0 spiro atoms. The maximum absolute atomic E-state index is 13.3. The van der Waals surface area contributed by atoms with Crippen LogP contribution in [0.3, 0.4) is 0 Å². The third kappa shape index (κ3) is 2.30. The van der Waals surface area contributed by atoms with Gasteiger partial charge in [0.05, 0.1) is 6.10 Å². The summed E-state index contributed by atoms with van der Waals surface area (Å²) in [5, 5.41) is 12.6. The van der Waals surface area contributed by atoms with Crippen molar-refractivity contribution < 1.29 is 9.50 Å². The monoisotopic (exact) mass is 197 g/mol. The van der Waals surface area contributed by atoms with Crippen LogP contribution in [0.5, 0.6) is 0 Å². The normalized spacial score (nSPS) is 12.9. The van der Waals surface area contributed by atoms with E-state index in [-0.39, 0.29) is 5.82 Å². The number of benzene rings is 1. The van der Waals surface area contributed by atoms with Crippen LogP contribution in [0.15, 0.2) is 12.1 Å². The second kappa shape index (κ2) is 4.53. The highest BCUT2D eigenvalue weighted by atomic mass is 19.1. The maximum Gasteiger partial charge on any atom is 0.129 e.